The molecule has 2 aromatic rings. The first-order chi connectivity index (χ1) is 12.9. The molecule has 0 spiro atoms. The molecular formula is C22H33Cl2N3O2. The van der Waals surface area contributed by atoms with Crippen molar-refractivity contribution in [3.8, 4) is 0 Å². The predicted octanol–water partition coefficient (Wildman–Crippen LogP) is 4.52. The van der Waals surface area contributed by atoms with E-state index in [9.17, 15) is 4.79 Å². The van der Waals surface area contributed by atoms with Gasteiger partial charge in [-0.2, -0.15) is 0 Å². The van der Waals surface area contributed by atoms with Gasteiger partial charge in [-0.05, 0) is 43.4 Å². The molecule has 1 aliphatic rings. The smallest absolute Gasteiger partial charge is 0.257 e. The van der Waals surface area contributed by atoms with Gasteiger partial charge in [-0.15, -0.1) is 24.8 Å². The number of amides is 1. The predicted molar refractivity (Wildman–Crippen MR) is 123 cm³/mol. The number of halogens is 2. The molecular weight excluding hydrogens is 409 g/mol. The zero-order chi connectivity index (χ0) is 19.6. The van der Waals surface area contributed by atoms with Crippen LogP contribution in [0.4, 0.5) is 5.69 Å². The molecule has 5 nitrogen and oxygen atoms in total. The Kier molecular flexibility index (Phi) is 9.53. The Balaban J connectivity index is 0.00000210. The number of para-hydroxylation sites is 1. The first kappa shape index (κ1) is 25.3. The number of rotatable bonds is 7. The zero-order valence-corrected chi connectivity index (χ0v) is 19.3. The summed E-state index contributed by atoms with van der Waals surface area (Å²) < 4.78 is 5.71. The minimum Gasteiger partial charge on any atom is -0.467 e. The average molecular weight is 442 g/mol. The molecule has 29 heavy (non-hydrogen) atoms. The van der Waals surface area contributed by atoms with Crippen molar-refractivity contribution >= 4 is 36.4 Å². The molecule has 2 heterocycles. The Morgan fingerprint density at radius 3 is 2.66 bits per heavy atom. The molecule has 0 saturated carbocycles. The highest BCUT2D eigenvalue weighted by Crippen LogP contribution is 2.33. The number of hydrogen-bond donors (Lipinski definition) is 1. The first-order valence-electron chi connectivity index (χ1n) is 9.80. The molecule has 0 saturated heterocycles. The van der Waals surface area contributed by atoms with Gasteiger partial charge in [-0.3, -0.25) is 4.79 Å². The summed E-state index contributed by atoms with van der Waals surface area (Å²) in [6, 6.07) is 10.7. The molecule has 2 atom stereocenters. The summed E-state index contributed by atoms with van der Waals surface area (Å²) in [6.45, 7) is 7.67. The number of hydrogen-bond acceptors (Lipinski definition) is 4. The van der Waals surface area contributed by atoms with Crippen molar-refractivity contribution in [2.24, 2.45) is 11.7 Å². The molecule has 0 fully saturated rings. The van der Waals surface area contributed by atoms with Crippen molar-refractivity contribution in [3.05, 3.63) is 53.5 Å². The minimum atomic E-state index is -0.00478. The molecule has 0 aliphatic carbocycles. The van der Waals surface area contributed by atoms with Gasteiger partial charge in [0.1, 0.15) is 5.76 Å². The normalized spacial score (nSPS) is 16.1. The van der Waals surface area contributed by atoms with Crippen LogP contribution in [-0.2, 0) is 13.0 Å². The number of anilines is 1. The molecule has 0 radical (unpaired) electrons. The van der Waals surface area contributed by atoms with Crippen LogP contribution >= 0.6 is 24.8 Å². The van der Waals surface area contributed by atoms with Crippen LogP contribution in [0.3, 0.4) is 0 Å². The Morgan fingerprint density at radius 1 is 1.28 bits per heavy atom. The largest absolute Gasteiger partial charge is 0.467 e. The number of furan rings is 1. The van der Waals surface area contributed by atoms with Gasteiger partial charge in [0.15, 0.2) is 0 Å². The maximum atomic E-state index is 12.9. The summed E-state index contributed by atoms with van der Waals surface area (Å²) in [5, 5.41) is 0. The molecule has 0 bridgehead atoms. The maximum Gasteiger partial charge on any atom is 0.257 e. The fourth-order valence-electron chi connectivity index (χ4n) is 3.66. The summed E-state index contributed by atoms with van der Waals surface area (Å²) in [6.07, 6.45) is 3.43. The van der Waals surface area contributed by atoms with Gasteiger partial charge in [0, 0.05) is 31.4 Å². The molecule has 7 heteroatoms. The van der Waals surface area contributed by atoms with Gasteiger partial charge < -0.3 is 20.0 Å². The van der Waals surface area contributed by atoms with E-state index in [1.165, 1.54) is 11.3 Å². The lowest BCUT2D eigenvalue weighted by Crippen LogP contribution is -2.35. The van der Waals surface area contributed by atoms with Crippen molar-refractivity contribution in [1.82, 2.24) is 4.90 Å². The number of carbonyl (C=O) groups is 1. The second kappa shape index (κ2) is 10.9. The molecule has 2 unspecified atom stereocenters. The fraction of sp³-hybridized carbons (Fsp3) is 0.500. The third-order valence-corrected chi connectivity index (χ3v) is 5.64. The second-order valence-corrected chi connectivity index (χ2v) is 7.99. The van der Waals surface area contributed by atoms with E-state index in [1.807, 2.05) is 7.05 Å². The minimum absolute atomic E-state index is 0. The number of carbonyl (C=O) groups excluding carboxylic acids is 1. The van der Waals surface area contributed by atoms with E-state index in [0.717, 1.165) is 18.6 Å². The summed E-state index contributed by atoms with van der Waals surface area (Å²) in [7, 11) is 1.83. The Morgan fingerprint density at radius 2 is 1.97 bits per heavy atom. The van der Waals surface area contributed by atoms with Gasteiger partial charge >= 0.3 is 0 Å². The lowest BCUT2D eigenvalue weighted by Gasteiger charge is -2.25. The number of nitrogens with two attached hydrogens (primary N) is 1. The monoisotopic (exact) mass is 441 g/mol. The van der Waals surface area contributed by atoms with Gasteiger partial charge in [0.25, 0.3) is 5.91 Å². The van der Waals surface area contributed by atoms with Gasteiger partial charge in [0.05, 0.1) is 18.4 Å². The van der Waals surface area contributed by atoms with Crippen LogP contribution in [0.2, 0.25) is 0 Å². The molecule has 1 aliphatic heterocycles. The van der Waals surface area contributed by atoms with E-state index in [0.29, 0.717) is 30.6 Å². The summed E-state index contributed by atoms with van der Waals surface area (Å²) in [5.74, 6) is 1.13. The van der Waals surface area contributed by atoms with Crippen LogP contribution in [0.5, 0.6) is 0 Å². The summed E-state index contributed by atoms with van der Waals surface area (Å²) in [4.78, 5) is 17.0. The van der Waals surface area contributed by atoms with Crippen LogP contribution in [0, 0.1) is 5.92 Å². The first-order valence-corrected chi connectivity index (χ1v) is 9.80. The van der Waals surface area contributed by atoms with Gasteiger partial charge in [-0.1, -0.05) is 32.0 Å². The molecule has 3 rings (SSSR count). The highest BCUT2D eigenvalue weighted by Gasteiger charge is 2.28. The van der Waals surface area contributed by atoms with E-state index >= 15 is 0 Å². The van der Waals surface area contributed by atoms with E-state index in [2.05, 4.69) is 49.9 Å². The Labute approximate surface area is 186 Å². The van der Waals surface area contributed by atoms with Crippen molar-refractivity contribution in [2.45, 2.75) is 52.2 Å². The van der Waals surface area contributed by atoms with Crippen molar-refractivity contribution in [2.75, 3.05) is 18.5 Å². The molecule has 1 aromatic heterocycles. The average Bonchev–Trinajstić information content (AvgIpc) is 3.23. The molecule has 1 amide bonds. The third kappa shape index (κ3) is 5.68. The van der Waals surface area contributed by atoms with Crippen LogP contribution in [0.1, 0.15) is 48.9 Å². The van der Waals surface area contributed by atoms with E-state index < -0.39 is 0 Å². The van der Waals surface area contributed by atoms with E-state index in [4.69, 9.17) is 10.2 Å². The molecule has 162 valence electrons. The Hall–Kier alpha value is -1.69. The standard InChI is InChI=1S/C22H31N3O2.2ClH/c1-15(2)19(23)9-11-24(4)22(26)18-10-12-27-21(18)14-25-16(3)13-17-7-5-6-8-20(17)25;;/h5-8,10,12,15-16,19H,9,11,13-14,23H2,1-4H3;2*1H. The highest BCUT2D eigenvalue weighted by atomic mass is 35.5. The summed E-state index contributed by atoms with van der Waals surface area (Å²) >= 11 is 0. The zero-order valence-electron chi connectivity index (χ0n) is 17.6. The number of fused-ring (bicyclic) bond motifs is 1. The van der Waals surface area contributed by atoms with Crippen LogP contribution in [-0.4, -0.2) is 36.5 Å². The van der Waals surface area contributed by atoms with Crippen LogP contribution < -0.4 is 10.6 Å². The maximum absolute atomic E-state index is 12.9. The fourth-order valence-corrected chi connectivity index (χ4v) is 3.66. The quantitative estimate of drug-likeness (QED) is 0.685. The van der Waals surface area contributed by atoms with Crippen LogP contribution in [0.15, 0.2) is 41.0 Å². The third-order valence-electron chi connectivity index (χ3n) is 5.64. The van der Waals surface area contributed by atoms with Crippen LogP contribution in [0.25, 0.3) is 0 Å². The second-order valence-electron chi connectivity index (χ2n) is 7.99. The Bertz CT molecular complexity index is 794. The summed E-state index contributed by atoms with van der Waals surface area (Å²) in [5.41, 5.74) is 9.35. The van der Waals surface area contributed by atoms with E-state index in [1.54, 1.807) is 17.2 Å². The van der Waals surface area contributed by atoms with Crippen molar-refractivity contribution in [3.63, 3.8) is 0 Å². The van der Waals surface area contributed by atoms with E-state index in [-0.39, 0.29) is 36.8 Å². The number of benzene rings is 1. The molecule has 2 N–H and O–H groups in total. The topological polar surface area (TPSA) is 62.7 Å². The molecule has 1 aromatic carbocycles. The number of nitrogens with zero attached hydrogens (tertiary/aromatic N) is 2. The van der Waals surface area contributed by atoms with Crippen molar-refractivity contribution < 1.29 is 9.21 Å². The highest BCUT2D eigenvalue weighted by molar-refractivity contribution is 5.95. The van der Waals surface area contributed by atoms with Gasteiger partial charge in [-0.25, -0.2) is 0 Å². The lowest BCUT2D eigenvalue weighted by molar-refractivity contribution is 0.0787. The van der Waals surface area contributed by atoms with Crippen molar-refractivity contribution in [1.29, 1.82) is 0 Å². The van der Waals surface area contributed by atoms with Gasteiger partial charge in [0.2, 0.25) is 0 Å². The SMILES string of the molecule is CC(C)C(N)CCN(C)C(=O)c1ccoc1CN1c2ccccc2CC1C.Cl.Cl. The lowest BCUT2D eigenvalue weighted by atomic mass is 10.0.